The van der Waals surface area contributed by atoms with Gasteiger partial charge in [-0.15, -0.1) is 23.1 Å². The SMILES string of the molecule is CCC(Sc1cccc(NC(=O)/C(=C\c2ccc([N+](=O)[O-])cc2)NC(=O)c2ccccc2)c1)C(=O)Nc1sc(C(=O)Nc2ccccc2)c(C)c1C#N. The fourth-order valence-electron chi connectivity index (χ4n) is 4.99. The molecule has 4 N–H and O–H groups in total. The third-order valence-electron chi connectivity index (χ3n) is 7.71. The molecular formula is C39H32N6O6S2. The zero-order valence-electron chi connectivity index (χ0n) is 28.4. The molecular weight excluding hydrogens is 713 g/mol. The summed E-state index contributed by atoms with van der Waals surface area (Å²) in [6.07, 6.45) is 1.84. The highest BCUT2D eigenvalue weighted by Crippen LogP contribution is 2.35. The second kappa shape index (κ2) is 17.6. The van der Waals surface area contributed by atoms with Gasteiger partial charge in [0.15, 0.2) is 0 Å². The third kappa shape index (κ3) is 9.82. The minimum absolute atomic E-state index is 0.104. The predicted molar refractivity (Wildman–Crippen MR) is 207 cm³/mol. The Labute approximate surface area is 313 Å². The number of hydrogen-bond donors (Lipinski definition) is 4. The van der Waals surface area contributed by atoms with Crippen molar-refractivity contribution in [3.8, 4) is 6.07 Å². The van der Waals surface area contributed by atoms with E-state index >= 15 is 0 Å². The molecule has 1 unspecified atom stereocenters. The lowest BCUT2D eigenvalue weighted by Gasteiger charge is -2.15. The molecule has 1 atom stereocenters. The number of hydrogen-bond acceptors (Lipinski definition) is 9. The summed E-state index contributed by atoms with van der Waals surface area (Å²) in [6.45, 7) is 3.51. The number of nitrogens with one attached hydrogen (secondary N) is 4. The fourth-order valence-corrected chi connectivity index (χ4v) is 7.06. The largest absolute Gasteiger partial charge is 0.321 e. The van der Waals surface area contributed by atoms with Crippen LogP contribution in [0.15, 0.2) is 120 Å². The predicted octanol–water partition coefficient (Wildman–Crippen LogP) is 8.01. The second-order valence-corrected chi connectivity index (χ2v) is 13.7. The number of nitro benzene ring substituents is 1. The highest BCUT2D eigenvalue weighted by Gasteiger charge is 2.25. The first-order valence-electron chi connectivity index (χ1n) is 16.2. The van der Waals surface area contributed by atoms with E-state index in [1.807, 2.05) is 13.0 Å². The average Bonchev–Trinajstić information content (AvgIpc) is 3.48. The van der Waals surface area contributed by atoms with Gasteiger partial charge >= 0.3 is 0 Å². The molecule has 0 bridgehead atoms. The smallest absolute Gasteiger partial charge is 0.272 e. The van der Waals surface area contributed by atoms with Crippen molar-refractivity contribution < 1.29 is 24.1 Å². The molecule has 0 aliphatic carbocycles. The minimum atomic E-state index is -0.649. The van der Waals surface area contributed by atoms with Crippen molar-refractivity contribution in [3.05, 3.63) is 152 Å². The second-order valence-electron chi connectivity index (χ2n) is 11.4. The highest BCUT2D eigenvalue weighted by atomic mass is 32.2. The van der Waals surface area contributed by atoms with Crippen molar-refractivity contribution in [2.75, 3.05) is 16.0 Å². The Morgan fingerprint density at radius 2 is 1.53 bits per heavy atom. The normalized spacial score (nSPS) is 11.5. The van der Waals surface area contributed by atoms with Gasteiger partial charge < -0.3 is 21.3 Å². The molecule has 0 radical (unpaired) electrons. The summed E-state index contributed by atoms with van der Waals surface area (Å²) in [5, 5.41) is 31.7. The van der Waals surface area contributed by atoms with Crippen LogP contribution in [-0.4, -0.2) is 33.8 Å². The van der Waals surface area contributed by atoms with Gasteiger partial charge in [-0.05, 0) is 85.1 Å². The van der Waals surface area contributed by atoms with Crippen LogP contribution in [0.5, 0.6) is 0 Å². The topological polar surface area (TPSA) is 183 Å². The van der Waals surface area contributed by atoms with Gasteiger partial charge in [-0.2, -0.15) is 5.26 Å². The van der Waals surface area contributed by atoms with Crippen LogP contribution in [0.3, 0.4) is 0 Å². The van der Waals surface area contributed by atoms with Crippen molar-refractivity contribution in [3.63, 3.8) is 0 Å². The summed E-state index contributed by atoms with van der Waals surface area (Å²) >= 11 is 2.28. The van der Waals surface area contributed by atoms with E-state index in [0.717, 1.165) is 11.3 Å². The first-order valence-corrected chi connectivity index (χ1v) is 17.9. The number of benzene rings is 4. The summed E-state index contributed by atoms with van der Waals surface area (Å²) in [6, 6.07) is 31.7. The molecule has 0 spiro atoms. The van der Waals surface area contributed by atoms with Gasteiger partial charge in [0, 0.05) is 34.0 Å². The molecule has 0 saturated carbocycles. The molecule has 12 nitrogen and oxygen atoms in total. The van der Waals surface area contributed by atoms with E-state index in [2.05, 4.69) is 27.3 Å². The lowest BCUT2D eigenvalue weighted by molar-refractivity contribution is -0.384. The zero-order valence-corrected chi connectivity index (χ0v) is 30.0. The van der Waals surface area contributed by atoms with Gasteiger partial charge in [-0.25, -0.2) is 0 Å². The molecule has 1 aromatic heterocycles. The Morgan fingerprint density at radius 3 is 2.17 bits per heavy atom. The first-order chi connectivity index (χ1) is 25.6. The van der Waals surface area contributed by atoms with Crippen LogP contribution in [0.4, 0.5) is 22.1 Å². The number of rotatable bonds is 13. The number of thioether (sulfide) groups is 1. The van der Waals surface area contributed by atoms with Crippen LogP contribution in [0.25, 0.3) is 6.08 Å². The number of nitro groups is 1. The molecule has 0 aliphatic heterocycles. The van der Waals surface area contributed by atoms with Crippen LogP contribution in [0.2, 0.25) is 0 Å². The van der Waals surface area contributed by atoms with Gasteiger partial charge in [-0.3, -0.25) is 29.3 Å². The monoisotopic (exact) mass is 744 g/mol. The van der Waals surface area contributed by atoms with Gasteiger partial charge in [-0.1, -0.05) is 49.4 Å². The van der Waals surface area contributed by atoms with E-state index in [-0.39, 0.29) is 33.8 Å². The maximum atomic E-state index is 13.6. The highest BCUT2D eigenvalue weighted by molar-refractivity contribution is 8.00. The Morgan fingerprint density at radius 1 is 0.868 bits per heavy atom. The van der Waals surface area contributed by atoms with E-state index in [1.54, 1.807) is 85.8 Å². The van der Waals surface area contributed by atoms with Crippen LogP contribution in [0, 0.1) is 28.4 Å². The Balaban J connectivity index is 1.30. The van der Waals surface area contributed by atoms with Gasteiger partial charge in [0.1, 0.15) is 16.8 Å². The summed E-state index contributed by atoms with van der Waals surface area (Å²) in [5.74, 6) is -1.93. The van der Waals surface area contributed by atoms with Crippen LogP contribution in [-0.2, 0) is 9.59 Å². The van der Waals surface area contributed by atoms with E-state index in [4.69, 9.17) is 0 Å². The number of carbonyl (C=O) groups is 4. The van der Waals surface area contributed by atoms with Crippen LogP contribution < -0.4 is 21.3 Å². The zero-order chi connectivity index (χ0) is 37.9. The van der Waals surface area contributed by atoms with E-state index in [1.165, 1.54) is 42.1 Å². The minimum Gasteiger partial charge on any atom is -0.321 e. The summed E-state index contributed by atoms with van der Waals surface area (Å²) in [4.78, 5) is 64.7. The molecule has 266 valence electrons. The fraction of sp³-hybridized carbons (Fsp3) is 0.103. The third-order valence-corrected chi connectivity index (χ3v) is 10.3. The Bertz CT molecular complexity index is 2230. The number of non-ortho nitro benzene ring substituents is 1. The number of nitriles is 1. The molecule has 14 heteroatoms. The molecule has 5 rings (SSSR count). The van der Waals surface area contributed by atoms with Crippen molar-refractivity contribution in [1.82, 2.24) is 5.32 Å². The number of nitrogens with zero attached hydrogens (tertiary/aromatic N) is 2. The van der Waals surface area contributed by atoms with Crippen molar-refractivity contribution in [2.24, 2.45) is 0 Å². The molecule has 5 aromatic rings. The Kier molecular flexibility index (Phi) is 12.5. The van der Waals surface area contributed by atoms with Crippen molar-refractivity contribution >= 4 is 74.9 Å². The number of anilines is 3. The maximum absolute atomic E-state index is 13.6. The van der Waals surface area contributed by atoms with Gasteiger partial charge in [0.2, 0.25) is 5.91 Å². The van der Waals surface area contributed by atoms with Gasteiger partial charge in [0.25, 0.3) is 23.4 Å². The summed E-state index contributed by atoms with van der Waals surface area (Å²) < 4.78 is 0. The first kappa shape index (κ1) is 37.7. The number of carbonyl (C=O) groups excluding carboxylic acids is 4. The summed E-state index contributed by atoms with van der Waals surface area (Å²) in [7, 11) is 0. The lowest BCUT2D eigenvalue weighted by atomic mass is 10.1. The Hall–Kier alpha value is -6.56. The molecule has 4 amide bonds. The van der Waals surface area contributed by atoms with Crippen LogP contribution >= 0.6 is 23.1 Å². The molecule has 1 heterocycles. The lowest BCUT2D eigenvalue weighted by Crippen LogP contribution is -2.30. The standard InChI is InChI=1S/C39H32N6O6S2/c1-3-33(37(48)44-39-31(23-40)24(2)34(53-39)38(49)41-27-13-8-5-9-14-27)52-30-16-10-15-28(22-30)42-36(47)32(43-35(46)26-11-6-4-7-12-26)21-25-17-19-29(20-18-25)45(50)51/h4-22,33H,3H2,1-2H3,(H,41,49)(H,42,47)(H,43,46)(H,44,48)/b32-21+. The van der Waals surface area contributed by atoms with Crippen LogP contribution in [0.1, 0.15) is 50.1 Å². The van der Waals surface area contributed by atoms with E-state index < -0.39 is 22.0 Å². The molecule has 0 saturated heterocycles. The van der Waals surface area contributed by atoms with Crippen molar-refractivity contribution in [2.45, 2.75) is 30.4 Å². The van der Waals surface area contributed by atoms with Gasteiger partial charge in [0.05, 0.1) is 20.6 Å². The quantitative estimate of drug-likeness (QED) is 0.0404. The molecule has 0 aliphatic rings. The van der Waals surface area contributed by atoms with E-state index in [9.17, 15) is 34.6 Å². The van der Waals surface area contributed by atoms with E-state index in [0.29, 0.717) is 44.3 Å². The number of amides is 4. The molecule has 4 aromatic carbocycles. The number of para-hydroxylation sites is 1. The molecule has 53 heavy (non-hydrogen) atoms. The maximum Gasteiger partial charge on any atom is 0.272 e. The van der Waals surface area contributed by atoms with Crippen molar-refractivity contribution in [1.29, 1.82) is 5.26 Å². The summed E-state index contributed by atoms with van der Waals surface area (Å²) in [5.41, 5.74) is 2.20. The average molecular weight is 745 g/mol. The number of thiophene rings is 1. The molecule has 0 fully saturated rings.